The molecule has 0 aliphatic carbocycles. The van der Waals surface area contributed by atoms with Crippen LogP contribution in [0.3, 0.4) is 0 Å². The molecule has 1 amide bonds. The van der Waals surface area contributed by atoms with Crippen LogP contribution in [0.5, 0.6) is 0 Å². The maximum absolute atomic E-state index is 11.7. The van der Waals surface area contributed by atoms with E-state index in [4.69, 9.17) is 10.5 Å². The van der Waals surface area contributed by atoms with Gasteiger partial charge in [0.1, 0.15) is 6.61 Å². The smallest absolute Gasteiger partial charge is 0.306 e. The summed E-state index contributed by atoms with van der Waals surface area (Å²) in [6.07, 6.45) is 3.63. The van der Waals surface area contributed by atoms with E-state index in [1.807, 2.05) is 0 Å². The summed E-state index contributed by atoms with van der Waals surface area (Å²) in [5, 5.41) is 2.83. The highest BCUT2D eigenvalue weighted by Gasteiger charge is 2.20. The lowest BCUT2D eigenvalue weighted by molar-refractivity contribution is -0.146. The number of hydrogen-bond acceptors (Lipinski definition) is 4. The molecule has 5 heteroatoms. The van der Waals surface area contributed by atoms with Gasteiger partial charge in [0, 0.05) is 12.8 Å². The summed E-state index contributed by atoms with van der Waals surface area (Å²) < 4.78 is 5.23. The van der Waals surface area contributed by atoms with Gasteiger partial charge >= 0.3 is 5.97 Å². The average molecular weight is 270 g/mol. The summed E-state index contributed by atoms with van der Waals surface area (Å²) in [4.78, 5) is 22.9. The normalized spacial score (nSPS) is 21.1. The van der Waals surface area contributed by atoms with Gasteiger partial charge in [0.15, 0.2) is 0 Å². The van der Waals surface area contributed by atoms with E-state index in [1.165, 1.54) is 0 Å². The van der Waals surface area contributed by atoms with Crippen LogP contribution in [0.15, 0.2) is 0 Å². The fraction of sp³-hybridized carbons (Fsp3) is 0.857. The number of carbonyl (C=O) groups excluding carboxylic acids is 2. The molecule has 1 saturated heterocycles. The van der Waals surface area contributed by atoms with Crippen LogP contribution in [0, 0.1) is 11.8 Å². The monoisotopic (exact) mass is 270 g/mol. The zero-order chi connectivity index (χ0) is 14.3. The second kappa shape index (κ2) is 8.15. The molecule has 19 heavy (non-hydrogen) atoms. The number of nitrogens with one attached hydrogen (secondary N) is 1. The minimum absolute atomic E-state index is 0.0216. The number of amides is 1. The Morgan fingerprint density at radius 1 is 1.53 bits per heavy atom. The Hall–Kier alpha value is -1.10. The number of piperidine rings is 1. The van der Waals surface area contributed by atoms with Gasteiger partial charge in [0.05, 0.1) is 6.04 Å². The molecule has 0 aromatic heterocycles. The zero-order valence-electron chi connectivity index (χ0n) is 12.0. The van der Waals surface area contributed by atoms with Crippen molar-refractivity contribution in [1.29, 1.82) is 0 Å². The highest BCUT2D eigenvalue weighted by molar-refractivity contribution is 5.77. The lowest BCUT2D eigenvalue weighted by Crippen LogP contribution is -2.42. The van der Waals surface area contributed by atoms with E-state index in [0.717, 1.165) is 19.3 Å². The molecular weight excluding hydrogens is 244 g/mol. The van der Waals surface area contributed by atoms with Crippen LogP contribution in [0.1, 0.15) is 46.0 Å². The fourth-order valence-corrected chi connectivity index (χ4v) is 2.42. The predicted octanol–water partition coefficient (Wildman–Crippen LogP) is 1.21. The molecule has 0 radical (unpaired) electrons. The van der Waals surface area contributed by atoms with Gasteiger partial charge in [-0.2, -0.15) is 0 Å². The molecule has 1 heterocycles. The topological polar surface area (TPSA) is 81.4 Å². The highest BCUT2D eigenvalue weighted by Crippen LogP contribution is 2.15. The maximum Gasteiger partial charge on any atom is 0.306 e. The van der Waals surface area contributed by atoms with Gasteiger partial charge in [-0.3, -0.25) is 9.59 Å². The van der Waals surface area contributed by atoms with Crippen LogP contribution in [-0.2, 0) is 14.3 Å². The molecule has 2 atom stereocenters. The molecule has 110 valence electrons. The summed E-state index contributed by atoms with van der Waals surface area (Å²) in [5.41, 5.74) is 5.66. The van der Waals surface area contributed by atoms with E-state index in [-0.39, 0.29) is 30.4 Å². The number of rotatable bonds is 7. The molecule has 1 aliphatic heterocycles. The van der Waals surface area contributed by atoms with Crippen LogP contribution in [0.4, 0.5) is 0 Å². The Balaban J connectivity index is 2.24. The van der Waals surface area contributed by atoms with Crippen molar-refractivity contribution >= 4 is 11.9 Å². The molecule has 1 rings (SSSR count). The number of nitrogens with two attached hydrogens (primary N) is 1. The van der Waals surface area contributed by atoms with Crippen molar-refractivity contribution in [2.24, 2.45) is 17.6 Å². The summed E-state index contributed by atoms with van der Waals surface area (Å²) in [5.74, 6) is 0.551. The van der Waals surface area contributed by atoms with E-state index in [9.17, 15) is 9.59 Å². The molecule has 0 bridgehead atoms. The first-order valence-corrected chi connectivity index (χ1v) is 7.16. The Morgan fingerprint density at radius 3 is 2.84 bits per heavy atom. The molecular formula is C14H26N2O3. The van der Waals surface area contributed by atoms with E-state index >= 15 is 0 Å². The van der Waals surface area contributed by atoms with Crippen molar-refractivity contribution in [2.45, 2.75) is 52.0 Å². The zero-order valence-corrected chi connectivity index (χ0v) is 12.0. The molecule has 3 N–H and O–H groups in total. The van der Waals surface area contributed by atoms with Gasteiger partial charge in [-0.05, 0) is 37.6 Å². The minimum Gasteiger partial charge on any atom is -0.463 e. The van der Waals surface area contributed by atoms with Crippen LogP contribution in [0.2, 0.25) is 0 Å². The SMILES string of the molecule is CC(C)C[C@H](CN)CC(=O)OCC1CCCC(=O)N1. The Bertz CT molecular complexity index is 305. The lowest BCUT2D eigenvalue weighted by Gasteiger charge is -2.23. The first-order chi connectivity index (χ1) is 9.01. The summed E-state index contributed by atoms with van der Waals surface area (Å²) in [7, 11) is 0. The predicted molar refractivity (Wildman–Crippen MR) is 73.4 cm³/mol. The average Bonchev–Trinajstić information content (AvgIpc) is 2.35. The van der Waals surface area contributed by atoms with Gasteiger partial charge in [0.25, 0.3) is 0 Å². The number of hydrogen-bond donors (Lipinski definition) is 2. The first kappa shape index (κ1) is 16.0. The van der Waals surface area contributed by atoms with Crippen molar-refractivity contribution in [3.63, 3.8) is 0 Å². The first-order valence-electron chi connectivity index (χ1n) is 7.16. The van der Waals surface area contributed by atoms with Gasteiger partial charge in [-0.1, -0.05) is 13.8 Å². The molecule has 0 saturated carbocycles. The lowest BCUT2D eigenvalue weighted by atomic mass is 9.94. The molecule has 0 aromatic rings. The van der Waals surface area contributed by atoms with Crippen molar-refractivity contribution in [1.82, 2.24) is 5.32 Å². The molecule has 1 aliphatic rings. The van der Waals surface area contributed by atoms with Crippen molar-refractivity contribution in [2.75, 3.05) is 13.2 Å². The largest absolute Gasteiger partial charge is 0.463 e. The summed E-state index contributed by atoms with van der Waals surface area (Å²) in [6.45, 7) is 5.02. The van der Waals surface area contributed by atoms with Crippen LogP contribution in [-0.4, -0.2) is 31.1 Å². The van der Waals surface area contributed by atoms with E-state index in [1.54, 1.807) is 0 Å². The van der Waals surface area contributed by atoms with Crippen molar-refractivity contribution in [3.05, 3.63) is 0 Å². The standard InChI is InChI=1S/C14H26N2O3/c1-10(2)6-11(8-15)7-14(18)19-9-12-4-3-5-13(17)16-12/h10-12H,3-9,15H2,1-2H3,(H,16,17)/t11-,12?/m0/s1. The second-order valence-electron chi connectivity index (χ2n) is 5.78. The number of esters is 1. The maximum atomic E-state index is 11.7. The number of carbonyl (C=O) groups is 2. The van der Waals surface area contributed by atoms with Gasteiger partial charge in [0.2, 0.25) is 5.91 Å². The molecule has 1 unspecified atom stereocenters. The van der Waals surface area contributed by atoms with Gasteiger partial charge in [-0.25, -0.2) is 0 Å². The van der Waals surface area contributed by atoms with Crippen LogP contribution in [0.25, 0.3) is 0 Å². The van der Waals surface area contributed by atoms with E-state index in [0.29, 0.717) is 25.3 Å². The molecule has 0 aromatic carbocycles. The third-order valence-corrected chi connectivity index (χ3v) is 3.36. The van der Waals surface area contributed by atoms with Crippen molar-refractivity contribution < 1.29 is 14.3 Å². The molecule has 0 spiro atoms. The second-order valence-corrected chi connectivity index (χ2v) is 5.78. The van der Waals surface area contributed by atoms with E-state index < -0.39 is 0 Å². The highest BCUT2D eigenvalue weighted by atomic mass is 16.5. The van der Waals surface area contributed by atoms with Crippen molar-refractivity contribution in [3.8, 4) is 0 Å². The molecule has 5 nitrogen and oxygen atoms in total. The fourth-order valence-electron chi connectivity index (χ4n) is 2.42. The van der Waals surface area contributed by atoms with Crippen LogP contribution < -0.4 is 11.1 Å². The minimum atomic E-state index is -0.212. The summed E-state index contributed by atoms with van der Waals surface area (Å²) in [6, 6.07) is -0.0216. The third-order valence-electron chi connectivity index (χ3n) is 3.36. The Morgan fingerprint density at radius 2 is 2.26 bits per heavy atom. The van der Waals surface area contributed by atoms with Gasteiger partial charge in [-0.15, -0.1) is 0 Å². The van der Waals surface area contributed by atoms with Gasteiger partial charge < -0.3 is 15.8 Å². The van der Waals surface area contributed by atoms with Crippen LogP contribution >= 0.6 is 0 Å². The Kier molecular flexibility index (Phi) is 6.84. The molecule has 1 fully saturated rings. The number of ether oxygens (including phenoxy) is 1. The third kappa shape index (κ3) is 6.57. The summed E-state index contributed by atoms with van der Waals surface area (Å²) >= 11 is 0. The quantitative estimate of drug-likeness (QED) is 0.681. The Labute approximate surface area is 115 Å². The van der Waals surface area contributed by atoms with E-state index in [2.05, 4.69) is 19.2 Å².